The van der Waals surface area contributed by atoms with Crippen LogP contribution in [0.1, 0.15) is 18.5 Å². The maximum absolute atomic E-state index is 12.1. The zero-order chi connectivity index (χ0) is 22.2. The molecule has 0 fully saturated rings. The highest BCUT2D eigenvalue weighted by molar-refractivity contribution is 5.92. The van der Waals surface area contributed by atoms with Gasteiger partial charge < -0.3 is 16.0 Å². The lowest BCUT2D eigenvalue weighted by atomic mass is 10.1. The summed E-state index contributed by atoms with van der Waals surface area (Å²) in [4.78, 5) is 16.5. The Bertz CT molecular complexity index is 1150. The summed E-state index contributed by atoms with van der Waals surface area (Å²) < 4.78 is 0. The van der Waals surface area contributed by atoms with Gasteiger partial charge in [0, 0.05) is 29.7 Å². The van der Waals surface area contributed by atoms with Crippen molar-refractivity contribution in [1.82, 2.24) is 15.2 Å². The second kappa shape index (κ2) is 10.2. The molecule has 0 spiro atoms. The van der Waals surface area contributed by atoms with Gasteiger partial charge in [0.2, 0.25) is 5.91 Å². The van der Waals surface area contributed by atoms with E-state index in [0.717, 1.165) is 16.9 Å². The second-order valence-corrected chi connectivity index (χ2v) is 7.31. The first kappa shape index (κ1) is 21.0. The molecule has 7 nitrogen and oxygen atoms in total. The number of hydrogen-bond donors (Lipinski definition) is 3. The third-order valence-corrected chi connectivity index (χ3v) is 4.88. The number of amides is 1. The molecule has 2 heterocycles. The van der Waals surface area contributed by atoms with Crippen LogP contribution in [0.5, 0.6) is 0 Å². The number of benzene rings is 2. The smallest absolute Gasteiger partial charge is 0.244 e. The molecule has 0 unspecified atom stereocenters. The van der Waals surface area contributed by atoms with Gasteiger partial charge in [0.1, 0.15) is 0 Å². The number of carbonyl (C=O) groups is 1. The fourth-order valence-corrected chi connectivity index (χ4v) is 3.21. The number of rotatable bonds is 8. The Hall–Kier alpha value is -4.26. The van der Waals surface area contributed by atoms with Gasteiger partial charge in [0.15, 0.2) is 5.82 Å². The third kappa shape index (κ3) is 5.66. The van der Waals surface area contributed by atoms with Gasteiger partial charge in [-0.1, -0.05) is 48.5 Å². The van der Waals surface area contributed by atoms with Crippen LogP contribution >= 0.6 is 0 Å². The van der Waals surface area contributed by atoms with Gasteiger partial charge in [-0.05, 0) is 42.8 Å². The molecule has 1 atom stereocenters. The molecular weight excluding hydrogens is 400 g/mol. The van der Waals surface area contributed by atoms with Crippen molar-refractivity contribution in [1.29, 1.82) is 0 Å². The van der Waals surface area contributed by atoms with Gasteiger partial charge in [-0.3, -0.25) is 9.78 Å². The van der Waals surface area contributed by atoms with E-state index in [0.29, 0.717) is 11.5 Å². The Balaban J connectivity index is 1.36. The van der Waals surface area contributed by atoms with E-state index in [1.54, 1.807) is 18.5 Å². The highest BCUT2D eigenvalue weighted by Crippen LogP contribution is 2.23. The van der Waals surface area contributed by atoms with Gasteiger partial charge in [-0.2, -0.15) is 0 Å². The molecule has 0 aliphatic heterocycles. The molecule has 0 saturated heterocycles. The van der Waals surface area contributed by atoms with Crippen molar-refractivity contribution in [2.24, 2.45) is 0 Å². The molecule has 0 bridgehead atoms. The van der Waals surface area contributed by atoms with E-state index in [-0.39, 0.29) is 18.5 Å². The largest absolute Gasteiger partial charge is 0.377 e. The van der Waals surface area contributed by atoms with Crippen molar-refractivity contribution in [3.8, 4) is 11.3 Å². The number of hydrogen-bond acceptors (Lipinski definition) is 6. The van der Waals surface area contributed by atoms with Crippen molar-refractivity contribution < 1.29 is 4.79 Å². The molecule has 2 aromatic heterocycles. The van der Waals surface area contributed by atoms with Crippen LogP contribution in [0.2, 0.25) is 0 Å². The minimum absolute atomic E-state index is 0.140. The van der Waals surface area contributed by atoms with E-state index in [1.807, 2.05) is 60.7 Å². The Kier molecular flexibility index (Phi) is 6.67. The zero-order valence-electron chi connectivity index (χ0n) is 17.7. The van der Waals surface area contributed by atoms with Gasteiger partial charge in [-0.15, -0.1) is 10.2 Å². The summed E-state index contributed by atoms with van der Waals surface area (Å²) in [6, 6.07) is 25.4. The molecule has 0 saturated carbocycles. The van der Waals surface area contributed by atoms with Crippen LogP contribution in [0, 0.1) is 0 Å². The average molecular weight is 425 g/mol. The topological polar surface area (TPSA) is 91.8 Å². The standard InChI is InChI=1S/C25H24N6O/c1-18(19-8-4-2-5-9-19)28-22-14-20(15-26-16-22)23-12-13-24(31-30-23)29-25(32)17-27-21-10-6-3-7-11-21/h2-16,18,27-28H,17H2,1H3,(H,29,31,32)/t18-/m0/s1. The lowest BCUT2D eigenvalue weighted by Gasteiger charge is -2.16. The Morgan fingerprint density at radius 2 is 1.62 bits per heavy atom. The molecular formula is C25H24N6O. The molecule has 7 heteroatoms. The molecule has 160 valence electrons. The van der Waals surface area contributed by atoms with Crippen LogP contribution in [-0.2, 0) is 4.79 Å². The van der Waals surface area contributed by atoms with E-state index in [9.17, 15) is 4.79 Å². The van der Waals surface area contributed by atoms with Gasteiger partial charge in [0.05, 0.1) is 17.9 Å². The molecule has 4 aromatic rings. The molecule has 0 radical (unpaired) electrons. The summed E-state index contributed by atoms with van der Waals surface area (Å²) in [5.74, 6) is 0.201. The van der Waals surface area contributed by atoms with Crippen LogP contribution in [0.25, 0.3) is 11.3 Å². The Morgan fingerprint density at radius 1 is 0.875 bits per heavy atom. The maximum atomic E-state index is 12.1. The van der Waals surface area contributed by atoms with E-state index in [2.05, 4.69) is 50.2 Å². The van der Waals surface area contributed by atoms with Crippen LogP contribution in [0.3, 0.4) is 0 Å². The summed E-state index contributed by atoms with van der Waals surface area (Å²) in [7, 11) is 0. The van der Waals surface area contributed by atoms with Crippen molar-refractivity contribution >= 4 is 23.1 Å². The predicted molar refractivity (Wildman–Crippen MR) is 127 cm³/mol. The van der Waals surface area contributed by atoms with Crippen LogP contribution in [0.15, 0.2) is 91.3 Å². The summed E-state index contributed by atoms with van der Waals surface area (Å²) in [6.45, 7) is 2.25. The van der Waals surface area contributed by atoms with Gasteiger partial charge in [-0.25, -0.2) is 0 Å². The van der Waals surface area contributed by atoms with E-state index >= 15 is 0 Å². The van der Waals surface area contributed by atoms with E-state index in [4.69, 9.17) is 0 Å². The Labute approximate surface area is 187 Å². The van der Waals surface area contributed by atoms with Crippen LogP contribution in [-0.4, -0.2) is 27.6 Å². The number of pyridine rings is 1. The number of nitrogens with zero attached hydrogens (tertiary/aromatic N) is 3. The summed E-state index contributed by atoms with van der Waals surface area (Å²) in [5.41, 5.74) is 4.48. The SMILES string of the molecule is C[C@H](Nc1cncc(-c2ccc(NC(=O)CNc3ccccc3)nn2)c1)c1ccccc1. The minimum atomic E-state index is -0.196. The molecule has 32 heavy (non-hydrogen) atoms. The number of anilines is 3. The maximum Gasteiger partial charge on any atom is 0.244 e. The fraction of sp³-hybridized carbons (Fsp3) is 0.120. The van der Waals surface area contributed by atoms with Crippen LogP contribution < -0.4 is 16.0 Å². The summed E-state index contributed by atoms with van der Waals surface area (Å²) in [6.07, 6.45) is 3.52. The van der Waals surface area contributed by atoms with Crippen molar-refractivity contribution in [3.63, 3.8) is 0 Å². The molecule has 4 rings (SSSR count). The highest BCUT2D eigenvalue weighted by Gasteiger charge is 2.08. The normalized spacial score (nSPS) is 11.4. The lowest BCUT2D eigenvalue weighted by molar-refractivity contribution is -0.114. The van der Waals surface area contributed by atoms with E-state index in [1.165, 1.54) is 5.56 Å². The summed E-state index contributed by atoms with van der Waals surface area (Å²) in [5, 5.41) is 17.6. The molecule has 3 N–H and O–H groups in total. The third-order valence-electron chi connectivity index (χ3n) is 4.88. The lowest BCUT2D eigenvalue weighted by Crippen LogP contribution is -2.22. The first-order valence-corrected chi connectivity index (χ1v) is 10.4. The average Bonchev–Trinajstić information content (AvgIpc) is 2.84. The van der Waals surface area contributed by atoms with Gasteiger partial charge >= 0.3 is 0 Å². The van der Waals surface area contributed by atoms with Crippen molar-refractivity contribution in [3.05, 3.63) is 96.8 Å². The fourth-order valence-electron chi connectivity index (χ4n) is 3.21. The minimum Gasteiger partial charge on any atom is -0.377 e. The number of aromatic nitrogens is 3. The quantitative estimate of drug-likeness (QED) is 0.378. The highest BCUT2D eigenvalue weighted by atomic mass is 16.2. The van der Waals surface area contributed by atoms with Crippen molar-refractivity contribution in [2.45, 2.75) is 13.0 Å². The zero-order valence-corrected chi connectivity index (χ0v) is 17.7. The number of para-hydroxylation sites is 1. The molecule has 2 aromatic carbocycles. The number of nitrogens with one attached hydrogen (secondary N) is 3. The number of carbonyl (C=O) groups excluding carboxylic acids is 1. The van der Waals surface area contributed by atoms with Crippen molar-refractivity contribution in [2.75, 3.05) is 22.5 Å². The Morgan fingerprint density at radius 3 is 2.34 bits per heavy atom. The first-order valence-electron chi connectivity index (χ1n) is 10.4. The van der Waals surface area contributed by atoms with E-state index < -0.39 is 0 Å². The predicted octanol–water partition coefficient (Wildman–Crippen LogP) is 4.76. The van der Waals surface area contributed by atoms with Crippen LogP contribution in [0.4, 0.5) is 17.2 Å². The summed E-state index contributed by atoms with van der Waals surface area (Å²) >= 11 is 0. The monoisotopic (exact) mass is 424 g/mol. The molecule has 1 amide bonds. The second-order valence-electron chi connectivity index (χ2n) is 7.31. The van der Waals surface area contributed by atoms with Gasteiger partial charge in [0.25, 0.3) is 0 Å². The molecule has 0 aliphatic carbocycles. The first-order chi connectivity index (χ1) is 15.7. The molecule has 0 aliphatic rings.